The Labute approximate surface area is 365 Å². The number of amides is 1. The van der Waals surface area contributed by atoms with E-state index in [-0.39, 0.29) is 44.3 Å². The van der Waals surface area contributed by atoms with Crippen LogP contribution in [-0.2, 0) is 52.3 Å². The molecular weight excluding hydrogens is 800 g/mol. The fraction of sp³-hybridized carbons (Fsp3) is 0.891. The van der Waals surface area contributed by atoms with Gasteiger partial charge in [0, 0.05) is 31.9 Å². The molecule has 0 aliphatic heterocycles. The van der Waals surface area contributed by atoms with Gasteiger partial charge in [0.05, 0.1) is 13.2 Å². The summed E-state index contributed by atoms with van der Waals surface area (Å²) in [5, 5.41) is 2.53. The number of carbonyl (C=O) groups excluding carboxylic acids is 3. The van der Waals surface area contributed by atoms with Crippen LogP contribution in [0.25, 0.3) is 0 Å². The van der Waals surface area contributed by atoms with Crippen LogP contribution in [0, 0.1) is 13.8 Å². The number of hydrogen-bond donors (Lipinski definition) is 2. The van der Waals surface area contributed by atoms with Crippen LogP contribution in [-0.4, -0.2) is 48.4 Å². The molecule has 2 atom stereocenters. The number of hydrogen-bond acceptors (Lipinski definition) is 8. The zero-order valence-corrected chi connectivity index (χ0v) is 39.6. The number of carbonyl (C=O) groups is 3. The van der Waals surface area contributed by atoms with E-state index in [1.165, 1.54) is 174 Å². The zero-order chi connectivity index (χ0) is 43.8. The van der Waals surface area contributed by atoms with Crippen LogP contribution in [0.15, 0.2) is 0 Å². The zero-order valence-electron chi connectivity index (χ0n) is 37.6. The van der Waals surface area contributed by atoms with E-state index in [0.717, 1.165) is 25.7 Å². The van der Waals surface area contributed by atoms with Gasteiger partial charge in [-0.1, -0.05) is 194 Å². The molecule has 10 nitrogen and oxygen atoms in total. The Morgan fingerprint density at radius 3 is 1.34 bits per heavy atom. The fourth-order valence-electron chi connectivity index (χ4n) is 6.44. The van der Waals surface area contributed by atoms with E-state index in [2.05, 4.69) is 48.7 Å². The molecule has 0 saturated carbocycles. The number of unbranched alkanes of at least 4 members (excludes halogenated alkanes) is 28. The maximum absolute atomic E-state index is 12.0. The van der Waals surface area contributed by atoms with Gasteiger partial charge in [0.2, 0.25) is 5.91 Å². The third kappa shape index (κ3) is 55.0. The molecule has 58 heavy (non-hydrogen) atoms. The van der Waals surface area contributed by atoms with Gasteiger partial charge in [-0.05, 0) is 19.8 Å². The number of nitrogens with one attached hydrogen (secondary N) is 1. The quantitative estimate of drug-likeness (QED) is 0.0265. The average Bonchev–Trinajstić information content (AvgIpc) is 3.20. The Balaban J connectivity index is -0.00000132. The summed E-state index contributed by atoms with van der Waals surface area (Å²) in [7, 11) is -4.36. The average molecular weight is 891 g/mol. The normalized spacial score (nSPS) is 12.4. The Kier molecular flexibility index (Phi) is 53.3. The van der Waals surface area contributed by atoms with Crippen molar-refractivity contribution in [3.63, 3.8) is 0 Å². The van der Waals surface area contributed by atoms with Gasteiger partial charge in [0.1, 0.15) is 5.78 Å². The summed E-state index contributed by atoms with van der Waals surface area (Å²) in [5.74, 6) is -0.661. The Morgan fingerprint density at radius 1 is 0.586 bits per heavy atom. The molecule has 0 heterocycles. The summed E-state index contributed by atoms with van der Waals surface area (Å²) in [6, 6.07) is 0. The molecule has 0 fully saturated rings. The van der Waals surface area contributed by atoms with Crippen molar-refractivity contribution in [3.05, 3.63) is 13.8 Å². The SMILES string of the molecule is [CH2-]C(COP(=O)(O)OCCNC(=O)CCCC(C)=O)OC(=O)CCCCCCCCCCCCCCCCC.[CH2-]CCCCCCCCCCCCCCCC.[O]=[Co]. The van der Waals surface area contributed by atoms with Crippen molar-refractivity contribution in [3.8, 4) is 0 Å². The minimum absolute atomic E-state index is 0.0175. The first-order valence-corrected chi connectivity index (χ1v) is 25.3. The second-order valence-corrected chi connectivity index (χ2v) is 17.2. The maximum atomic E-state index is 12.0. The molecule has 0 spiro atoms. The molecule has 0 aromatic heterocycles. The van der Waals surface area contributed by atoms with Crippen molar-refractivity contribution in [2.45, 2.75) is 245 Å². The van der Waals surface area contributed by atoms with Crippen LogP contribution >= 0.6 is 7.82 Å². The van der Waals surface area contributed by atoms with Crippen molar-refractivity contribution < 1.29 is 57.2 Å². The minimum atomic E-state index is -4.36. The van der Waals surface area contributed by atoms with Gasteiger partial charge in [-0.3, -0.25) is 18.6 Å². The van der Waals surface area contributed by atoms with E-state index in [4.69, 9.17) is 17.7 Å². The van der Waals surface area contributed by atoms with Crippen molar-refractivity contribution in [2.24, 2.45) is 0 Å². The van der Waals surface area contributed by atoms with Gasteiger partial charge in [-0.25, -0.2) is 4.57 Å². The molecule has 0 rings (SSSR count). The van der Waals surface area contributed by atoms with Crippen molar-refractivity contribution >= 4 is 25.5 Å². The van der Waals surface area contributed by atoms with Crippen LogP contribution in [0.2, 0.25) is 0 Å². The van der Waals surface area contributed by atoms with E-state index >= 15 is 0 Å². The molecule has 2 unspecified atom stereocenters. The molecule has 0 aliphatic carbocycles. The van der Waals surface area contributed by atoms with E-state index < -0.39 is 19.9 Å². The van der Waals surface area contributed by atoms with Gasteiger partial charge in [0.25, 0.3) is 0 Å². The van der Waals surface area contributed by atoms with Crippen molar-refractivity contribution in [1.29, 1.82) is 0 Å². The summed E-state index contributed by atoms with van der Waals surface area (Å²) >= 11 is 2.31. The number of phosphoric ester groups is 1. The predicted octanol–water partition coefficient (Wildman–Crippen LogP) is 13.6. The first-order valence-electron chi connectivity index (χ1n) is 23.4. The summed E-state index contributed by atoms with van der Waals surface area (Å²) in [6.45, 7) is 12.9. The van der Waals surface area contributed by atoms with Gasteiger partial charge < -0.3 is 33.6 Å². The van der Waals surface area contributed by atoms with Crippen molar-refractivity contribution in [1.82, 2.24) is 5.32 Å². The van der Waals surface area contributed by atoms with Crippen LogP contribution < -0.4 is 5.32 Å². The summed E-state index contributed by atoms with van der Waals surface area (Å²) < 4.78 is 34.6. The fourth-order valence-corrected chi connectivity index (χ4v) is 7.19. The van der Waals surface area contributed by atoms with Crippen LogP contribution in [0.5, 0.6) is 0 Å². The Hall–Kier alpha value is -0.974. The Morgan fingerprint density at radius 2 is 0.966 bits per heavy atom. The number of phosphoric acid groups is 1. The molecule has 0 aromatic rings. The molecule has 0 aromatic carbocycles. The first kappa shape index (κ1) is 61.3. The molecule has 0 aliphatic rings. The molecule has 12 heteroatoms. The van der Waals surface area contributed by atoms with Gasteiger partial charge in [0.15, 0.2) is 0 Å². The molecule has 2 N–H and O–H groups in total. The second-order valence-electron chi connectivity index (χ2n) is 15.8. The van der Waals surface area contributed by atoms with E-state index in [9.17, 15) is 23.8 Å². The second kappa shape index (κ2) is 50.4. The van der Waals surface area contributed by atoms with E-state index in [0.29, 0.717) is 12.8 Å². The molecule has 1 amide bonds. The van der Waals surface area contributed by atoms with Gasteiger partial charge >= 0.3 is 33.3 Å². The summed E-state index contributed by atoms with van der Waals surface area (Å²) in [4.78, 5) is 44.1. The van der Waals surface area contributed by atoms with E-state index in [1.807, 2.05) is 0 Å². The van der Waals surface area contributed by atoms with Crippen molar-refractivity contribution in [2.75, 3.05) is 19.8 Å². The number of esters is 1. The predicted molar refractivity (Wildman–Crippen MR) is 235 cm³/mol. The standard InChI is InChI=1S/C29H55NO8P.C17H35.Co.O/c1-4-5-6-7-8-9-10-11-12-13-14-15-16-17-18-22-29(33)38-27(3)25-37-39(34,35)36-24-23-30-28(32)21-19-20-26(2)31;1-3-5-7-9-11-13-15-17-16-14-12-10-8-6-4-2;;/h27H,3-25H2,1-2H3,(H,30,32)(H,34,35);1,3-17H2,2H3;;/q2*-1;;. The molecule has 349 valence electrons. The van der Waals surface area contributed by atoms with Crippen LogP contribution in [0.3, 0.4) is 0 Å². The number of rotatable bonds is 42. The Bertz CT molecular complexity index is 929. The molecule has 0 bridgehead atoms. The summed E-state index contributed by atoms with van der Waals surface area (Å²) in [6.07, 6.45) is 40.4. The first-order chi connectivity index (χ1) is 28.1. The van der Waals surface area contributed by atoms with E-state index in [1.54, 1.807) is 0 Å². The molecular formula is C46H90CoNO9P-2. The van der Waals surface area contributed by atoms with Crippen LogP contribution in [0.4, 0.5) is 0 Å². The number of ketones is 1. The van der Waals surface area contributed by atoms with Gasteiger partial charge in [-0.2, -0.15) is 6.42 Å². The molecule has 0 radical (unpaired) electrons. The van der Waals surface area contributed by atoms with Crippen LogP contribution in [0.1, 0.15) is 239 Å². The number of Topliss-reactive ketones (excluding diaryl/α,β-unsaturated/α-hetero) is 1. The third-order valence-electron chi connectivity index (χ3n) is 9.92. The molecule has 0 saturated heterocycles. The topological polar surface area (TPSA) is 145 Å². The van der Waals surface area contributed by atoms with Gasteiger partial charge in [-0.15, -0.1) is 0 Å². The third-order valence-corrected chi connectivity index (χ3v) is 10.9. The monoisotopic (exact) mass is 891 g/mol. The summed E-state index contributed by atoms with van der Waals surface area (Å²) in [5.41, 5.74) is 0. The number of ether oxygens (including phenoxy) is 1.